The molecule has 0 aliphatic carbocycles. The second-order valence-corrected chi connectivity index (χ2v) is 5.61. The van der Waals surface area contributed by atoms with Gasteiger partial charge in [-0.1, -0.05) is 25.1 Å². The number of benzene rings is 1. The van der Waals surface area contributed by atoms with Crippen LogP contribution < -0.4 is 10.1 Å². The van der Waals surface area contributed by atoms with Crippen LogP contribution in [-0.4, -0.2) is 19.2 Å². The lowest BCUT2D eigenvalue weighted by Crippen LogP contribution is -2.36. The number of hydrogen-bond donors (Lipinski definition) is 1. The lowest BCUT2D eigenvalue weighted by atomic mass is 9.96. The molecule has 0 spiro atoms. The van der Waals surface area contributed by atoms with Crippen LogP contribution in [0.5, 0.6) is 5.75 Å². The van der Waals surface area contributed by atoms with Crippen molar-refractivity contribution in [1.29, 1.82) is 0 Å². The Hall–Kier alpha value is -1.02. The molecule has 0 bridgehead atoms. The second kappa shape index (κ2) is 6.06. The SMILES string of the molecule is COc1ccccc1C(C)CCNC(C)(C)C. The molecule has 1 unspecified atom stereocenters. The molecule has 17 heavy (non-hydrogen) atoms. The van der Waals surface area contributed by atoms with Crippen molar-refractivity contribution in [1.82, 2.24) is 5.32 Å². The van der Waals surface area contributed by atoms with E-state index in [0.29, 0.717) is 5.92 Å². The Labute approximate surface area is 105 Å². The van der Waals surface area contributed by atoms with Gasteiger partial charge in [0.2, 0.25) is 0 Å². The lowest BCUT2D eigenvalue weighted by Gasteiger charge is -2.22. The van der Waals surface area contributed by atoms with Gasteiger partial charge in [-0.15, -0.1) is 0 Å². The summed E-state index contributed by atoms with van der Waals surface area (Å²) in [5.41, 5.74) is 1.49. The van der Waals surface area contributed by atoms with Gasteiger partial charge in [0.15, 0.2) is 0 Å². The van der Waals surface area contributed by atoms with Gasteiger partial charge < -0.3 is 10.1 Å². The summed E-state index contributed by atoms with van der Waals surface area (Å²) in [7, 11) is 1.74. The molecule has 2 nitrogen and oxygen atoms in total. The molecule has 0 saturated heterocycles. The van der Waals surface area contributed by atoms with E-state index in [-0.39, 0.29) is 5.54 Å². The molecule has 1 aromatic carbocycles. The van der Waals surface area contributed by atoms with Crippen molar-refractivity contribution in [3.8, 4) is 5.75 Å². The summed E-state index contributed by atoms with van der Waals surface area (Å²) in [5, 5.41) is 3.52. The zero-order valence-corrected chi connectivity index (χ0v) is 11.7. The van der Waals surface area contributed by atoms with Crippen molar-refractivity contribution in [3.63, 3.8) is 0 Å². The maximum atomic E-state index is 5.39. The van der Waals surface area contributed by atoms with E-state index in [9.17, 15) is 0 Å². The topological polar surface area (TPSA) is 21.3 Å². The highest BCUT2D eigenvalue weighted by Gasteiger charge is 2.13. The Morgan fingerprint density at radius 1 is 1.24 bits per heavy atom. The molecule has 0 heterocycles. The number of nitrogens with one attached hydrogen (secondary N) is 1. The molecule has 1 N–H and O–H groups in total. The predicted molar refractivity (Wildman–Crippen MR) is 73.8 cm³/mol. The molecule has 0 radical (unpaired) electrons. The van der Waals surface area contributed by atoms with E-state index in [2.05, 4.69) is 45.1 Å². The zero-order chi connectivity index (χ0) is 12.9. The van der Waals surface area contributed by atoms with Gasteiger partial charge in [-0.25, -0.2) is 0 Å². The molecule has 0 aromatic heterocycles. The fraction of sp³-hybridized carbons (Fsp3) is 0.600. The summed E-state index contributed by atoms with van der Waals surface area (Å²) in [4.78, 5) is 0. The van der Waals surface area contributed by atoms with Crippen molar-refractivity contribution >= 4 is 0 Å². The Morgan fingerprint density at radius 2 is 1.88 bits per heavy atom. The van der Waals surface area contributed by atoms with Crippen molar-refractivity contribution in [3.05, 3.63) is 29.8 Å². The number of ether oxygens (including phenoxy) is 1. The van der Waals surface area contributed by atoms with E-state index in [1.165, 1.54) is 5.56 Å². The smallest absolute Gasteiger partial charge is 0.122 e. The van der Waals surface area contributed by atoms with Gasteiger partial charge in [0.1, 0.15) is 5.75 Å². The summed E-state index contributed by atoms with van der Waals surface area (Å²) >= 11 is 0. The molecular formula is C15H25NO. The van der Waals surface area contributed by atoms with E-state index in [1.54, 1.807) is 7.11 Å². The van der Waals surface area contributed by atoms with Gasteiger partial charge in [0.05, 0.1) is 7.11 Å². The van der Waals surface area contributed by atoms with Gasteiger partial charge in [-0.05, 0) is 51.3 Å². The lowest BCUT2D eigenvalue weighted by molar-refractivity contribution is 0.395. The first-order chi connectivity index (χ1) is 7.94. The summed E-state index contributed by atoms with van der Waals surface area (Å²) < 4.78 is 5.39. The van der Waals surface area contributed by atoms with Crippen LogP contribution in [0.4, 0.5) is 0 Å². The summed E-state index contributed by atoms with van der Waals surface area (Å²) in [6, 6.07) is 8.28. The van der Waals surface area contributed by atoms with Gasteiger partial charge in [0, 0.05) is 5.54 Å². The van der Waals surface area contributed by atoms with Crippen LogP contribution in [0.3, 0.4) is 0 Å². The molecule has 0 saturated carbocycles. The summed E-state index contributed by atoms with van der Waals surface area (Å²) in [5.74, 6) is 1.51. The first kappa shape index (κ1) is 14.0. The van der Waals surface area contributed by atoms with Gasteiger partial charge >= 0.3 is 0 Å². The molecule has 1 aromatic rings. The predicted octanol–water partition coefficient (Wildman–Crippen LogP) is 3.58. The third-order valence-corrected chi connectivity index (χ3v) is 2.90. The normalized spacial score (nSPS) is 13.5. The fourth-order valence-electron chi connectivity index (χ4n) is 1.89. The van der Waals surface area contributed by atoms with Crippen LogP contribution in [0.1, 0.15) is 45.6 Å². The van der Waals surface area contributed by atoms with Gasteiger partial charge in [-0.2, -0.15) is 0 Å². The first-order valence-electron chi connectivity index (χ1n) is 6.32. The van der Waals surface area contributed by atoms with E-state index >= 15 is 0 Å². The molecule has 2 heteroatoms. The van der Waals surface area contributed by atoms with E-state index < -0.39 is 0 Å². The fourth-order valence-corrected chi connectivity index (χ4v) is 1.89. The average molecular weight is 235 g/mol. The Kier molecular flexibility index (Phi) is 5.01. The standard InChI is InChI=1S/C15H25NO/c1-12(10-11-16-15(2,3)4)13-8-6-7-9-14(13)17-5/h6-9,12,16H,10-11H2,1-5H3. The molecular weight excluding hydrogens is 210 g/mol. The van der Waals surface area contributed by atoms with E-state index in [1.807, 2.05) is 12.1 Å². The number of methoxy groups -OCH3 is 1. The average Bonchev–Trinajstić information content (AvgIpc) is 2.27. The summed E-state index contributed by atoms with van der Waals surface area (Å²) in [6.07, 6.45) is 1.12. The van der Waals surface area contributed by atoms with Crippen LogP contribution in [0.15, 0.2) is 24.3 Å². The molecule has 0 aliphatic heterocycles. The highest BCUT2D eigenvalue weighted by molar-refractivity contribution is 5.35. The van der Waals surface area contributed by atoms with Crippen LogP contribution in [0, 0.1) is 0 Å². The highest BCUT2D eigenvalue weighted by Crippen LogP contribution is 2.28. The van der Waals surface area contributed by atoms with Crippen LogP contribution >= 0.6 is 0 Å². The Balaban J connectivity index is 2.55. The van der Waals surface area contributed by atoms with Crippen molar-refractivity contribution in [2.75, 3.05) is 13.7 Å². The van der Waals surface area contributed by atoms with Crippen molar-refractivity contribution in [2.24, 2.45) is 0 Å². The van der Waals surface area contributed by atoms with E-state index in [0.717, 1.165) is 18.7 Å². The Morgan fingerprint density at radius 3 is 2.47 bits per heavy atom. The highest BCUT2D eigenvalue weighted by atomic mass is 16.5. The summed E-state index contributed by atoms with van der Waals surface area (Å²) in [6.45, 7) is 9.87. The van der Waals surface area contributed by atoms with Crippen molar-refractivity contribution < 1.29 is 4.74 Å². The maximum Gasteiger partial charge on any atom is 0.122 e. The second-order valence-electron chi connectivity index (χ2n) is 5.61. The minimum absolute atomic E-state index is 0.195. The van der Waals surface area contributed by atoms with Gasteiger partial charge in [-0.3, -0.25) is 0 Å². The third kappa shape index (κ3) is 4.78. The minimum Gasteiger partial charge on any atom is -0.496 e. The zero-order valence-electron chi connectivity index (χ0n) is 11.7. The maximum absolute atomic E-state index is 5.39. The van der Waals surface area contributed by atoms with E-state index in [4.69, 9.17) is 4.74 Å². The van der Waals surface area contributed by atoms with Gasteiger partial charge in [0.25, 0.3) is 0 Å². The molecule has 96 valence electrons. The van der Waals surface area contributed by atoms with Crippen LogP contribution in [0.25, 0.3) is 0 Å². The molecule has 0 aliphatic rings. The largest absolute Gasteiger partial charge is 0.496 e. The Bertz CT molecular complexity index is 341. The third-order valence-electron chi connectivity index (χ3n) is 2.90. The molecule has 1 rings (SSSR count). The van der Waals surface area contributed by atoms with Crippen LogP contribution in [0.2, 0.25) is 0 Å². The monoisotopic (exact) mass is 235 g/mol. The number of rotatable bonds is 5. The number of para-hydroxylation sites is 1. The number of hydrogen-bond acceptors (Lipinski definition) is 2. The first-order valence-corrected chi connectivity index (χ1v) is 6.32. The molecule has 1 atom stereocenters. The molecule has 0 fully saturated rings. The molecule has 0 amide bonds. The minimum atomic E-state index is 0.195. The van der Waals surface area contributed by atoms with Crippen LogP contribution in [-0.2, 0) is 0 Å². The quantitative estimate of drug-likeness (QED) is 0.842. The van der Waals surface area contributed by atoms with Crippen molar-refractivity contribution in [2.45, 2.75) is 45.6 Å².